The molecule has 2 unspecified atom stereocenters. The molecular formula is C16H18N2O3. The first-order valence-corrected chi connectivity index (χ1v) is 6.88. The van der Waals surface area contributed by atoms with Gasteiger partial charge < -0.3 is 10.4 Å². The average molecular weight is 286 g/mol. The number of carboxylic acid groups (broad SMARTS) is 1. The van der Waals surface area contributed by atoms with Gasteiger partial charge in [0.15, 0.2) is 0 Å². The molecule has 5 nitrogen and oxygen atoms in total. The Bertz CT molecular complexity index is 574. The van der Waals surface area contributed by atoms with E-state index in [4.69, 9.17) is 6.42 Å². The smallest absolute Gasteiger partial charge is 0.408 e. The van der Waals surface area contributed by atoms with Crippen molar-refractivity contribution in [2.24, 2.45) is 5.92 Å². The summed E-state index contributed by atoms with van der Waals surface area (Å²) in [7, 11) is 0. The van der Waals surface area contributed by atoms with E-state index in [0.29, 0.717) is 30.0 Å². The monoisotopic (exact) mass is 286 g/mol. The molecule has 0 radical (unpaired) electrons. The topological polar surface area (TPSA) is 69.6 Å². The lowest BCUT2D eigenvalue weighted by molar-refractivity contribution is 0.0666. The number of carbonyl (C=O) groups is 2. The summed E-state index contributed by atoms with van der Waals surface area (Å²) in [5.74, 6) is 2.58. The normalized spacial score (nSPS) is 21.4. The molecule has 1 fully saturated rings. The minimum absolute atomic E-state index is 0.288. The number of hydrogen-bond acceptors (Lipinski definition) is 2. The van der Waals surface area contributed by atoms with Gasteiger partial charge in [-0.25, -0.2) is 4.79 Å². The highest BCUT2D eigenvalue weighted by Crippen LogP contribution is 2.21. The van der Waals surface area contributed by atoms with Crippen LogP contribution in [0.25, 0.3) is 0 Å². The van der Waals surface area contributed by atoms with Crippen LogP contribution in [-0.4, -0.2) is 34.7 Å². The lowest BCUT2D eigenvalue weighted by Crippen LogP contribution is -2.54. The van der Waals surface area contributed by atoms with Crippen molar-refractivity contribution < 1.29 is 14.7 Å². The van der Waals surface area contributed by atoms with Crippen molar-refractivity contribution in [1.29, 1.82) is 0 Å². The first-order valence-electron chi connectivity index (χ1n) is 6.88. The maximum atomic E-state index is 12.2. The fraction of sp³-hybridized carbons (Fsp3) is 0.375. The summed E-state index contributed by atoms with van der Waals surface area (Å²) < 4.78 is 0. The second kappa shape index (κ2) is 6.31. The largest absolute Gasteiger partial charge is 0.465 e. The van der Waals surface area contributed by atoms with Crippen molar-refractivity contribution in [3.05, 3.63) is 35.4 Å². The van der Waals surface area contributed by atoms with Gasteiger partial charge in [-0.3, -0.25) is 9.69 Å². The van der Waals surface area contributed by atoms with E-state index in [1.54, 1.807) is 24.3 Å². The fourth-order valence-corrected chi connectivity index (χ4v) is 2.46. The molecule has 21 heavy (non-hydrogen) atoms. The van der Waals surface area contributed by atoms with Gasteiger partial charge in [-0.05, 0) is 43.0 Å². The Morgan fingerprint density at radius 3 is 2.62 bits per heavy atom. The molecule has 2 N–H and O–H groups in total. The molecule has 1 heterocycles. The quantitative estimate of drug-likeness (QED) is 0.818. The van der Waals surface area contributed by atoms with E-state index in [2.05, 4.69) is 18.2 Å². The highest BCUT2D eigenvalue weighted by atomic mass is 16.4. The predicted octanol–water partition coefficient (Wildman–Crippen LogP) is 2.13. The molecule has 1 aliphatic rings. The van der Waals surface area contributed by atoms with Crippen molar-refractivity contribution in [2.45, 2.75) is 25.9 Å². The predicted molar refractivity (Wildman–Crippen MR) is 78.8 cm³/mol. The Morgan fingerprint density at radius 2 is 2.05 bits per heavy atom. The van der Waals surface area contributed by atoms with Crippen molar-refractivity contribution in [1.82, 2.24) is 10.2 Å². The van der Waals surface area contributed by atoms with Crippen LogP contribution in [0.1, 0.15) is 35.7 Å². The Hall–Kier alpha value is -2.48. The van der Waals surface area contributed by atoms with Crippen molar-refractivity contribution in [2.75, 3.05) is 6.54 Å². The second-order valence-electron chi connectivity index (χ2n) is 5.32. The maximum Gasteiger partial charge on any atom is 0.408 e. The Labute approximate surface area is 124 Å². The molecule has 0 aromatic heterocycles. The first-order chi connectivity index (χ1) is 10.0. The SMILES string of the molecule is C#Cc1ccc(C(=O)NC2CC(C)CCN2C(=O)O)cc1. The molecule has 1 saturated heterocycles. The van der Waals surface area contributed by atoms with Crippen LogP contribution in [0.3, 0.4) is 0 Å². The Kier molecular flexibility index (Phi) is 4.49. The second-order valence-corrected chi connectivity index (χ2v) is 5.32. The number of nitrogens with zero attached hydrogens (tertiary/aromatic N) is 1. The molecular weight excluding hydrogens is 268 g/mol. The number of piperidine rings is 1. The van der Waals surface area contributed by atoms with E-state index in [1.165, 1.54) is 4.90 Å². The van der Waals surface area contributed by atoms with Gasteiger partial charge >= 0.3 is 6.09 Å². The van der Waals surface area contributed by atoms with Crippen LogP contribution in [0.2, 0.25) is 0 Å². The molecule has 2 atom stereocenters. The van der Waals surface area contributed by atoms with Crippen molar-refractivity contribution >= 4 is 12.0 Å². The molecule has 110 valence electrons. The van der Waals surface area contributed by atoms with Crippen molar-refractivity contribution in [3.63, 3.8) is 0 Å². The molecule has 2 rings (SSSR count). The number of likely N-dealkylation sites (tertiary alicyclic amines) is 1. The summed E-state index contributed by atoms with van der Waals surface area (Å²) in [5.41, 5.74) is 1.17. The number of amides is 2. The summed E-state index contributed by atoms with van der Waals surface area (Å²) in [4.78, 5) is 24.7. The zero-order valence-corrected chi connectivity index (χ0v) is 11.9. The van der Waals surface area contributed by atoms with Gasteiger partial charge in [-0.1, -0.05) is 12.8 Å². The zero-order chi connectivity index (χ0) is 15.4. The summed E-state index contributed by atoms with van der Waals surface area (Å²) >= 11 is 0. The van der Waals surface area contributed by atoms with Gasteiger partial charge in [0.1, 0.15) is 6.17 Å². The molecule has 0 aliphatic carbocycles. The van der Waals surface area contributed by atoms with Gasteiger partial charge in [-0.15, -0.1) is 6.42 Å². The summed E-state index contributed by atoms with van der Waals surface area (Å²) in [6, 6.07) is 6.66. The van der Waals surface area contributed by atoms with E-state index in [9.17, 15) is 14.7 Å². The third kappa shape index (κ3) is 3.54. The van der Waals surface area contributed by atoms with Crippen LogP contribution < -0.4 is 5.32 Å². The molecule has 1 aromatic rings. The minimum atomic E-state index is -1.00. The van der Waals surface area contributed by atoms with Gasteiger partial charge in [0, 0.05) is 17.7 Å². The molecule has 0 bridgehead atoms. The van der Waals surface area contributed by atoms with Crippen LogP contribution in [0.4, 0.5) is 4.79 Å². The van der Waals surface area contributed by atoms with Gasteiger partial charge in [0.25, 0.3) is 5.91 Å². The third-order valence-electron chi connectivity index (χ3n) is 3.72. The van der Waals surface area contributed by atoms with Crippen LogP contribution in [0.15, 0.2) is 24.3 Å². The highest BCUT2D eigenvalue weighted by Gasteiger charge is 2.30. The van der Waals surface area contributed by atoms with E-state index in [1.807, 2.05) is 0 Å². The molecule has 1 aliphatic heterocycles. The lowest BCUT2D eigenvalue weighted by atomic mass is 9.96. The standard InChI is InChI=1S/C16H18N2O3/c1-3-12-4-6-13(7-5-12)15(19)17-14-10-11(2)8-9-18(14)16(20)21/h1,4-7,11,14H,8-10H2,2H3,(H,17,19)(H,20,21). The molecule has 2 amide bonds. The third-order valence-corrected chi connectivity index (χ3v) is 3.72. The molecule has 5 heteroatoms. The summed E-state index contributed by atoms with van der Waals surface area (Å²) in [5, 5.41) is 12.0. The first kappa shape index (κ1) is 14.9. The molecule has 1 aromatic carbocycles. The summed E-state index contributed by atoms with van der Waals surface area (Å²) in [6.45, 7) is 2.50. The minimum Gasteiger partial charge on any atom is -0.465 e. The van der Waals surface area contributed by atoms with E-state index >= 15 is 0 Å². The number of carbonyl (C=O) groups excluding carboxylic acids is 1. The number of terminal acetylenes is 1. The van der Waals surface area contributed by atoms with E-state index in [-0.39, 0.29) is 5.91 Å². The van der Waals surface area contributed by atoms with Crippen LogP contribution in [0.5, 0.6) is 0 Å². The number of nitrogens with one attached hydrogen (secondary N) is 1. The van der Waals surface area contributed by atoms with Crippen molar-refractivity contribution in [3.8, 4) is 12.3 Å². The Balaban J connectivity index is 2.08. The van der Waals surface area contributed by atoms with Crippen LogP contribution in [0, 0.1) is 18.3 Å². The van der Waals surface area contributed by atoms with Crippen LogP contribution in [-0.2, 0) is 0 Å². The Morgan fingerprint density at radius 1 is 1.38 bits per heavy atom. The van der Waals surface area contributed by atoms with E-state index < -0.39 is 12.3 Å². The lowest BCUT2D eigenvalue weighted by Gasteiger charge is -2.36. The molecule has 0 spiro atoms. The van der Waals surface area contributed by atoms with E-state index in [0.717, 1.165) is 6.42 Å². The number of hydrogen-bond donors (Lipinski definition) is 2. The number of rotatable bonds is 2. The van der Waals surface area contributed by atoms with Gasteiger partial charge in [0.05, 0.1) is 0 Å². The van der Waals surface area contributed by atoms with Gasteiger partial charge in [-0.2, -0.15) is 0 Å². The zero-order valence-electron chi connectivity index (χ0n) is 11.9. The molecule has 0 saturated carbocycles. The maximum absolute atomic E-state index is 12.2. The summed E-state index contributed by atoms with van der Waals surface area (Å²) in [6.07, 6.45) is 5.22. The fourth-order valence-electron chi connectivity index (χ4n) is 2.46. The van der Waals surface area contributed by atoms with Gasteiger partial charge in [0.2, 0.25) is 0 Å². The highest BCUT2D eigenvalue weighted by molar-refractivity contribution is 5.94. The number of benzene rings is 1. The average Bonchev–Trinajstić information content (AvgIpc) is 2.47. The van der Waals surface area contributed by atoms with Crippen LogP contribution >= 0.6 is 0 Å².